The minimum absolute atomic E-state index is 0.157. The SMILES string of the molecule is CSc1nc(Cl)cc(NC(CCO)C(C)C)n1. The number of halogens is 1. The van der Waals surface area contributed by atoms with Gasteiger partial charge in [-0.3, -0.25) is 0 Å². The Balaban J connectivity index is 2.81. The molecule has 1 unspecified atom stereocenters. The number of hydrogen-bond donors (Lipinski definition) is 2. The van der Waals surface area contributed by atoms with Gasteiger partial charge in [-0.15, -0.1) is 0 Å². The Bertz CT molecular complexity index is 363. The first-order chi connectivity index (χ1) is 8.06. The van der Waals surface area contributed by atoms with Crippen molar-refractivity contribution >= 4 is 29.2 Å². The van der Waals surface area contributed by atoms with E-state index in [0.29, 0.717) is 28.5 Å². The fourth-order valence-corrected chi connectivity index (χ4v) is 2.08. The summed E-state index contributed by atoms with van der Waals surface area (Å²) in [5.74, 6) is 1.12. The first-order valence-corrected chi connectivity index (χ1v) is 7.13. The molecule has 96 valence electrons. The molecule has 2 N–H and O–H groups in total. The van der Waals surface area contributed by atoms with Crippen LogP contribution in [0.5, 0.6) is 0 Å². The van der Waals surface area contributed by atoms with Crippen molar-refractivity contribution in [1.82, 2.24) is 9.97 Å². The number of aromatic nitrogens is 2. The Morgan fingerprint density at radius 2 is 2.18 bits per heavy atom. The molecule has 0 bridgehead atoms. The van der Waals surface area contributed by atoms with Crippen molar-refractivity contribution in [3.63, 3.8) is 0 Å². The van der Waals surface area contributed by atoms with Crippen molar-refractivity contribution in [3.05, 3.63) is 11.2 Å². The summed E-state index contributed by atoms with van der Waals surface area (Å²) in [6, 6.07) is 1.88. The van der Waals surface area contributed by atoms with E-state index in [1.807, 2.05) is 6.26 Å². The van der Waals surface area contributed by atoms with Gasteiger partial charge in [-0.2, -0.15) is 0 Å². The van der Waals surface area contributed by atoms with Gasteiger partial charge in [-0.1, -0.05) is 37.2 Å². The van der Waals surface area contributed by atoms with Crippen LogP contribution in [0.15, 0.2) is 11.2 Å². The molecule has 4 nitrogen and oxygen atoms in total. The Hall–Kier alpha value is -0.520. The van der Waals surface area contributed by atoms with Crippen molar-refractivity contribution in [2.24, 2.45) is 5.92 Å². The molecular formula is C11H18ClN3OS. The maximum Gasteiger partial charge on any atom is 0.190 e. The van der Waals surface area contributed by atoms with Gasteiger partial charge in [0.25, 0.3) is 0 Å². The number of aliphatic hydroxyl groups is 1. The molecule has 0 aliphatic rings. The van der Waals surface area contributed by atoms with Crippen molar-refractivity contribution in [2.75, 3.05) is 18.2 Å². The lowest BCUT2D eigenvalue weighted by molar-refractivity contribution is 0.267. The Morgan fingerprint density at radius 1 is 1.47 bits per heavy atom. The maximum atomic E-state index is 9.02. The van der Waals surface area contributed by atoms with Gasteiger partial charge in [0.1, 0.15) is 11.0 Å². The lowest BCUT2D eigenvalue weighted by atomic mass is 10.0. The third-order valence-corrected chi connectivity index (χ3v) is 3.18. The molecule has 17 heavy (non-hydrogen) atoms. The fraction of sp³-hybridized carbons (Fsp3) is 0.636. The van der Waals surface area contributed by atoms with Crippen LogP contribution in [0.3, 0.4) is 0 Å². The number of anilines is 1. The Morgan fingerprint density at radius 3 is 2.71 bits per heavy atom. The molecule has 0 aromatic carbocycles. The first-order valence-electron chi connectivity index (χ1n) is 5.52. The fourth-order valence-electron chi connectivity index (χ4n) is 1.46. The molecule has 1 aromatic heterocycles. The minimum Gasteiger partial charge on any atom is -0.396 e. The van der Waals surface area contributed by atoms with Gasteiger partial charge >= 0.3 is 0 Å². The van der Waals surface area contributed by atoms with E-state index < -0.39 is 0 Å². The zero-order chi connectivity index (χ0) is 12.8. The monoisotopic (exact) mass is 275 g/mol. The van der Waals surface area contributed by atoms with Gasteiger partial charge < -0.3 is 10.4 Å². The third-order valence-electron chi connectivity index (χ3n) is 2.44. The smallest absolute Gasteiger partial charge is 0.190 e. The summed E-state index contributed by atoms with van der Waals surface area (Å²) in [5, 5.41) is 13.4. The van der Waals surface area contributed by atoms with E-state index in [4.69, 9.17) is 16.7 Å². The van der Waals surface area contributed by atoms with Crippen LogP contribution < -0.4 is 5.32 Å². The quantitative estimate of drug-likeness (QED) is 0.475. The van der Waals surface area contributed by atoms with Crippen LogP contribution in [0.2, 0.25) is 5.15 Å². The molecule has 0 radical (unpaired) electrons. The van der Waals surface area contributed by atoms with Crippen LogP contribution in [0.1, 0.15) is 20.3 Å². The Kier molecular flexibility index (Phi) is 6.02. The summed E-state index contributed by atoms with van der Waals surface area (Å²) in [6.45, 7) is 4.36. The van der Waals surface area contributed by atoms with Gasteiger partial charge in [0.05, 0.1) is 0 Å². The standard InChI is InChI=1S/C11H18ClN3OS/c1-7(2)8(4-5-16)13-10-6-9(12)14-11(15-10)17-3/h6-8,16H,4-5H2,1-3H3,(H,13,14,15). The normalized spacial score (nSPS) is 12.8. The van der Waals surface area contributed by atoms with Gasteiger partial charge in [0.15, 0.2) is 5.16 Å². The number of thioether (sulfide) groups is 1. The highest BCUT2D eigenvalue weighted by Gasteiger charge is 2.14. The van der Waals surface area contributed by atoms with E-state index in [0.717, 1.165) is 0 Å². The van der Waals surface area contributed by atoms with E-state index in [-0.39, 0.29) is 12.6 Å². The molecule has 0 saturated heterocycles. The summed E-state index contributed by atoms with van der Waals surface area (Å²) in [5.41, 5.74) is 0. The lowest BCUT2D eigenvalue weighted by Gasteiger charge is -2.22. The highest BCUT2D eigenvalue weighted by Crippen LogP contribution is 2.19. The number of nitrogens with zero attached hydrogens (tertiary/aromatic N) is 2. The van der Waals surface area contributed by atoms with Gasteiger partial charge in [0.2, 0.25) is 0 Å². The van der Waals surface area contributed by atoms with Crippen molar-refractivity contribution in [3.8, 4) is 0 Å². The molecule has 1 rings (SSSR count). The predicted molar refractivity (Wildman–Crippen MR) is 72.8 cm³/mol. The summed E-state index contributed by atoms with van der Waals surface area (Å²) in [4.78, 5) is 8.41. The molecule has 1 atom stereocenters. The highest BCUT2D eigenvalue weighted by molar-refractivity contribution is 7.98. The zero-order valence-corrected chi connectivity index (χ0v) is 11.8. The first kappa shape index (κ1) is 14.5. The average Bonchev–Trinajstić information content (AvgIpc) is 2.27. The molecule has 1 aromatic rings. The van der Waals surface area contributed by atoms with Crippen molar-refractivity contribution in [2.45, 2.75) is 31.5 Å². The van der Waals surface area contributed by atoms with Crippen LogP contribution >= 0.6 is 23.4 Å². The van der Waals surface area contributed by atoms with Crippen LogP contribution in [0, 0.1) is 5.92 Å². The minimum atomic E-state index is 0.157. The molecule has 0 saturated carbocycles. The van der Waals surface area contributed by atoms with Gasteiger partial charge in [-0.25, -0.2) is 9.97 Å². The molecule has 1 heterocycles. The second-order valence-corrected chi connectivity index (χ2v) is 5.23. The molecule has 0 fully saturated rings. The van der Waals surface area contributed by atoms with Crippen molar-refractivity contribution in [1.29, 1.82) is 0 Å². The highest BCUT2D eigenvalue weighted by atomic mass is 35.5. The summed E-state index contributed by atoms with van der Waals surface area (Å²) in [7, 11) is 0. The largest absolute Gasteiger partial charge is 0.396 e. The van der Waals surface area contributed by atoms with Crippen LogP contribution in [-0.2, 0) is 0 Å². The molecule has 0 aliphatic heterocycles. The number of rotatable bonds is 6. The zero-order valence-electron chi connectivity index (χ0n) is 10.3. The topological polar surface area (TPSA) is 58.0 Å². The summed E-state index contributed by atoms with van der Waals surface area (Å²) >= 11 is 7.36. The second-order valence-electron chi connectivity index (χ2n) is 4.07. The van der Waals surface area contributed by atoms with Crippen LogP contribution in [-0.4, -0.2) is 34.0 Å². The van der Waals surface area contributed by atoms with E-state index >= 15 is 0 Å². The van der Waals surface area contributed by atoms with Crippen LogP contribution in [0.4, 0.5) is 5.82 Å². The average molecular weight is 276 g/mol. The maximum absolute atomic E-state index is 9.02. The van der Waals surface area contributed by atoms with Crippen molar-refractivity contribution < 1.29 is 5.11 Å². The van der Waals surface area contributed by atoms with Gasteiger partial charge in [-0.05, 0) is 18.6 Å². The predicted octanol–water partition coefficient (Wildman–Crippen LogP) is 2.67. The molecule has 0 spiro atoms. The number of nitrogens with one attached hydrogen (secondary N) is 1. The van der Waals surface area contributed by atoms with E-state index in [2.05, 4.69) is 29.1 Å². The summed E-state index contributed by atoms with van der Waals surface area (Å²) < 4.78 is 0. The lowest BCUT2D eigenvalue weighted by Crippen LogP contribution is -2.27. The molecule has 6 heteroatoms. The van der Waals surface area contributed by atoms with Crippen LogP contribution in [0.25, 0.3) is 0 Å². The van der Waals surface area contributed by atoms with Gasteiger partial charge in [0, 0.05) is 18.7 Å². The molecular weight excluding hydrogens is 258 g/mol. The van der Waals surface area contributed by atoms with E-state index in [9.17, 15) is 0 Å². The molecule has 0 amide bonds. The number of hydrogen-bond acceptors (Lipinski definition) is 5. The van der Waals surface area contributed by atoms with E-state index in [1.54, 1.807) is 6.07 Å². The molecule has 0 aliphatic carbocycles. The summed E-state index contributed by atoms with van der Waals surface area (Å²) in [6.07, 6.45) is 2.59. The number of aliphatic hydroxyl groups excluding tert-OH is 1. The third kappa shape index (κ3) is 4.69. The second kappa shape index (κ2) is 7.03. The Labute approximate surface area is 111 Å². The van der Waals surface area contributed by atoms with E-state index in [1.165, 1.54) is 11.8 Å².